The summed E-state index contributed by atoms with van der Waals surface area (Å²) in [5, 5.41) is 0. The maximum atomic E-state index is 4.29. The van der Waals surface area contributed by atoms with Crippen LogP contribution in [0.15, 0.2) is 18.6 Å². The predicted molar refractivity (Wildman–Crippen MR) is 52.9 cm³/mol. The highest BCUT2D eigenvalue weighted by molar-refractivity contribution is 5.06. The molecule has 0 unspecified atom stereocenters. The first-order chi connectivity index (χ1) is 5.97. The molecule has 0 atom stereocenters. The summed E-state index contributed by atoms with van der Waals surface area (Å²) in [6.07, 6.45) is 10.3. The third-order valence-electron chi connectivity index (χ3n) is 2.63. The fourth-order valence-corrected chi connectivity index (χ4v) is 1.94. The van der Waals surface area contributed by atoms with Crippen molar-refractivity contribution in [2.24, 2.45) is 0 Å². The molecule has 2 rings (SSSR count). The fourth-order valence-electron chi connectivity index (χ4n) is 1.94. The van der Waals surface area contributed by atoms with E-state index in [1.165, 1.54) is 37.8 Å². The van der Waals surface area contributed by atoms with E-state index in [9.17, 15) is 0 Å². The van der Waals surface area contributed by atoms with Crippen molar-refractivity contribution in [3.8, 4) is 0 Å². The summed E-state index contributed by atoms with van der Waals surface area (Å²) in [6, 6.07) is 2.05. The molecule has 0 aromatic carbocycles. The van der Waals surface area contributed by atoms with E-state index < -0.39 is 0 Å². The maximum Gasteiger partial charge on any atom is 0.115 e. The fraction of sp³-hybridized carbons (Fsp3) is 0.600. The Morgan fingerprint density at radius 1 is 1.15 bits per heavy atom. The van der Waals surface area contributed by atoms with Gasteiger partial charge in [-0.05, 0) is 18.9 Å². The van der Waals surface area contributed by atoms with Gasteiger partial charge in [-0.2, -0.15) is 0 Å². The SMILES string of the molecule is N.c1cc(C2CCCCC2)ncn1. The van der Waals surface area contributed by atoms with Crippen molar-refractivity contribution in [1.82, 2.24) is 16.1 Å². The number of hydrogen-bond acceptors (Lipinski definition) is 3. The van der Waals surface area contributed by atoms with E-state index in [2.05, 4.69) is 16.0 Å². The van der Waals surface area contributed by atoms with Gasteiger partial charge in [0.15, 0.2) is 0 Å². The Labute approximate surface area is 79.2 Å². The van der Waals surface area contributed by atoms with E-state index in [1.807, 2.05) is 6.20 Å². The molecule has 3 nitrogen and oxygen atoms in total. The van der Waals surface area contributed by atoms with E-state index in [4.69, 9.17) is 0 Å². The first-order valence-corrected chi connectivity index (χ1v) is 4.73. The molecule has 0 radical (unpaired) electrons. The monoisotopic (exact) mass is 179 g/mol. The predicted octanol–water partition coefficient (Wildman–Crippen LogP) is 2.69. The molecule has 1 aromatic rings. The lowest BCUT2D eigenvalue weighted by atomic mass is 9.87. The Hall–Kier alpha value is -0.960. The zero-order valence-corrected chi connectivity index (χ0v) is 7.95. The van der Waals surface area contributed by atoms with Crippen LogP contribution in [0.2, 0.25) is 0 Å². The van der Waals surface area contributed by atoms with E-state index in [1.54, 1.807) is 6.33 Å². The molecule has 0 saturated heterocycles. The topological polar surface area (TPSA) is 60.8 Å². The van der Waals surface area contributed by atoms with Gasteiger partial charge in [0, 0.05) is 17.8 Å². The van der Waals surface area contributed by atoms with E-state index in [0.717, 1.165) is 0 Å². The van der Waals surface area contributed by atoms with Gasteiger partial charge < -0.3 is 6.15 Å². The normalized spacial score (nSPS) is 17.8. The van der Waals surface area contributed by atoms with Crippen molar-refractivity contribution in [3.05, 3.63) is 24.3 Å². The van der Waals surface area contributed by atoms with Crippen LogP contribution in [-0.4, -0.2) is 9.97 Å². The molecular formula is C10H17N3. The lowest BCUT2D eigenvalue weighted by Crippen LogP contribution is -2.06. The number of hydrogen-bond donors (Lipinski definition) is 1. The molecule has 3 heteroatoms. The Kier molecular flexibility index (Phi) is 3.83. The van der Waals surface area contributed by atoms with Crippen LogP contribution in [0.25, 0.3) is 0 Å². The molecule has 1 heterocycles. The summed E-state index contributed by atoms with van der Waals surface area (Å²) in [5.41, 5.74) is 1.24. The van der Waals surface area contributed by atoms with Crippen LogP contribution in [0.1, 0.15) is 43.7 Å². The second kappa shape index (κ2) is 4.92. The van der Waals surface area contributed by atoms with E-state index >= 15 is 0 Å². The molecule has 1 aliphatic rings. The van der Waals surface area contributed by atoms with Gasteiger partial charge in [0.2, 0.25) is 0 Å². The van der Waals surface area contributed by atoms with Crippen molar-refractivity contribution in [2.75, 3.05) is 0 Å². The Morgan fingerprint density at radius 3 is 2.54 bits per heavy atom. The van der Waals surface area contributed by atoms with Gasteiger partial charge in [0.1, 0.15) is 6.33 Å². The molecule has 72 valence electrons. The van der Waals surface area contributed by atoms with Gasteiger partial charge in [-0.15, -0.1) is 0 Å². The van der Waals surface area contributed by atoms with Crippen molar-refractivity contribution in [1.29, 1.82) is 0 Å². The average molecular weight is 179 g/mol. The molecule has 3 N–H and O–H groups in total. The van der Waals surface area contributed by atoms with Crippen molar-refractivity contribution in [2.45, 2.75) is 38.0 Å². The zero-order valence-electron chi connectivity index (χ0n) is 7.95. The molecule has 1 saturated carbocycles. The summed E-state index contributed by atoms with van der Waals surface area (Å²) in [6.45, 7) is 0. The third kappa shape index (κ3) is 2.49. The highest BCUT2D eigenvalue weighted by Crippen LogP contribution is 2.30. The first kappa shape index (κ1) is 10.1. The highest BCUT2D eigenvalue weighted by Gasteiger charge is 2.15. The summed E-state index contributed by atoms with van der Waals surface area (Å²) < 4.78 is 0. The number of nitrogens with zero attached hydrogens (tertiary/aromatic N) is 2. The molecule has 1 fully saturated rings. The number of rotatable bonds is 1. The summed E-state index contributed by atoms with van der Waals surface area (Å²) >= 11 is 0. The largest absolute Gasteiger partial charge is 0.344 e. The van der Waals surface area contributed by atoms with Crippen LogP contribution >= 0.6 is 0 Å². The number of aromatic nitrogens is 2. The van der Waals surface area contributed by atoms with E-state index in [0.29, 0.717) is 5.92 Å². The van der Waals surface area contributed by atoms with Crippen LogP contribution in [0.3, 0.4) is 0 Å². The van der Waals surface area contributed by atoms with Crippen LogP contribution in [-0.2, 0) is 0 Å². The molecule has 13 heavy (non-hydrogen) atoms. The molecule has 1 aromatic heterocycles. The summed E-state index contributed by atoms with van der Waals surface area (Å²) in [5.74, 6) is 0.710. The van der Waals surface area contributed by atoms with Crippen LogP contribution in [0.4, 0.5) is 0 Å². The second-order valence-electron chi connectivity index (χ2n) is 3.47. The Balaban J connectivity index is 0.000000845. The Morgan fingerprint density at radius 2 is 1.92 bits per heavy atom. The average Bonchev–Trinajstić information content (AvgIpc) is 2.21. The van der Waals surface area contributed by atoms with Crippen LogP contribution in [0, 0.1) is 0 Å². The molecular weight excluding hydrogens is 162 g/mol. The lowest BCUT2D eigenvalue weighted by molar-refractivity contribution is 0.436. The smallest absolute Gasteiger partial charge is 0.115 e. The Bertz CT molecular complexity index is 229. The third-order valence-corrected chi connectivity index (χ3v) is 2.63. The minimum Gasteiger partial charge on any atom is -0.344 e. The van der Waals surface area contributed by atoms with Crippen LogP contribution < -0.4 is 6.15 Å². The van der Waals surface area contributed by atoms with E-state index in [-0.39, 0.29) is 6.15 Å². The minimum atomic E-state index is 0. The van der Waals surface area contributed by atoms with Gasteiger partial charge in [-0.3, -0.25) is 0 Å². The molecule has 0 spiro atoms. The first-order valence-electron chi connectivity index (χ1n) is 4.73. The van der Waals surface area contributed by atoms with Crippen molar-refractivity contribution in [3.63, 3.8) is 0 Å². The molecule has 1 aliphatic carbocycles. The standard InChI is InChI=1S/C10H14N2.H3N/c1-2-4-9(5-3-1)10-6-7-11-8-12-10;/h6-9H,1-5H2;1H3. The van der Waals surface area contributed by atoms with Gasteiger partial charge in [0.05, 0.1) is 0 Å². The van der Waals surface area contributed by atoms with Gasteiger partial charge in [-0.25, -0.2) is 9.97 Å². The van der Waals surface area contributed by atoms with Crippen LogP contribution in [0.5, 0.6) is 0 Å². The van der Waals surface area contributed by atoms with Gasteiger partial charge >= 0.3 is 0 Å². The molecule has 0 amide bonds. The summed E-state index contributed by atoms with van der Waals surface area (Å²) in [4.78, 5) is 8.22. The second-order valence-corrected chi connectivity index (χ2v) is 3.47. The quantitative estimate of drug-likeness (QED) is 0.721. The summed E-state index contributed by atoms with van der Waals surface area (Å²) in [7, 11) is 0. The zero-order chi connectivity index (χ0) is 8.23. The molecule has 0 aliphatic heterocycles. The molecule has 0 bridgehead atoms. The van der Waals surface area contributed by atoms with Crippen molar-refractivity contribution >= 4 is 0 Å². The van der Waals surface area contributed by atoms with Gasteiger partial charge in [-0.1, -0.05) is 19.3 Å². The highest BCUT2D eigenvalue weighted by atomic mass is 14.8. The van der Waals surface area contributed by atoms with Gasteiger partial charge in [0.25, 0.3) is 0 Å². The van der Waals surface area contributed by atoms with Crippen molar-refractivity contribution < 1.29 is 0 Å². The maximum absolute atomic E-state index is 4.29. The minimum absolute atomic E-state index is 0. The lowest BCUT2D eigenvalue weighted by Gasteiger charge is -2.20.